The lowest BCUT2D eigenvalue weighted by Crippen LogP contribution is -2.46. The molecule has 35 heavy (non-hydrogen) atoms. The molecule has 0 saturated carbocycles. The second-order valence-electron chi connectivity index (χ2n) is 11.4. The first kappa shape index (κ1) is 27.6. The number of fused-ring (bicyclic) bond motifs is 2. The number of aromatic nitrogens is 1. The van der Waals surface area contributed by atoms with Gasteiger partial charge in [0.05, 0.1) is 6.61 Å². The number of unbranched alkanes of at least 4 members (excludes halogenated alkanes) is 4. The molecule has 0 spiro atoms. The number of hydrogen-bond acceptors (Lipinski definition) is 5. The third kappa shape index (κ3) is 6.07. The van der Waals surface area contributed by atoms with Crippen LogP contribution < -0.4 is 0 Å². The molecular formula is C29H46N2O4. The van der Waals surface area contributed by atoms with Crippen LogP contribution in [0.5, 0.6) is 0 Å². The molecular weight excluding hydrogens is 440 g/mol. The van der Waals surface area contributed by atoms with Gasteiger partial charge in [-0.25, -0.2) is 0 Å². The Morgan fingerprint density at radius 3 is 2.51 bits per heavy atom. The number of Topliss-reactive ketones (excluding diaryl/α,β-unsaturated/α-hetero) is 1. The first-order chi connectivity index (χ1) is 16.6. The number of ether oxygens (including phenoxy) is 1. The van der Waals surface area contributed by atoms with Crippen LogP contribution in [0.25, 0.3) is 0 Å². The van der Waals surface area contributed by atoms with Crippen molar-refractivity contribution in [2.75, 3.05) is 26.7 Å². The summed E-state index contributed by atoms with van der Waals surface area (Å²) >= 11 is 0. The van der Waals surface area contributed by atoms with E-state index in [4.69, 9.17) is 4.74 Å². The van der Waals surface area contributed by atoms with Gasteiger partial charge in [0.15, 0.2) is 5.78 Å². The molecule has 0 N–H and O–H groups in total. The van der Waals surface area contributed by atoms with E-state index in [0.717, 1.165) is 74.1 Å². The molecule has 1 aromatic rings. The normalized spacial score (nSPS) is 20.5. The maximum absolute atomic E-state index is 13.9. The van der Waals surface area contributed by atoms with Crippen molar-refractivity contribution in [1.29, 1.82) is 0 Å². The summed E-state index contributed by atoms with van der Waals surface area (Å²) < 4.78 is 7.32. The Morgan fingerprint density at radius 1 is 1.11 bits per heavy atom. The number of carbonyl (C=O) groups excluding carboxylic acids is 3. The van der Waals surface area contributed by atoms with E-state index in [1.54, 1.807) is 0 Å². The molecule has 2 aliphatic rings. The molecule has 3 rings (SSSR count). The Bertz CT molecular complexity index is 930. The fourth-order valence-corrected chi connectivity index (χ4v) is 5.91. The summed E-state index contributed by atoms with van der Waals surface area (Å²) in [5.41, 5.74) is 2.95. The highest BCUT2D eigenvalue weighted by molar-refractivity contribution is 6.04. The van der Waals surface area contributed by atoms with Crippen LogP contribution >= 0.6 is 0 Å². The van der Waals surface area contributed by atoms with E-state index in [9.17, 15) is 14.4 Å². The maximum atomic E-state index is 13.9. The zero-order valence-corrected chi connectivity index (χ0v) is 22.9. The summed E-state index contributed by atoms with van der Waals surface area (Å²) in [6.07, 6.45) is 8.90. The lowest BCUT2D eigenvalue weighted by Gasteiger charge is -2.39. The molecule has 1 saturated heterocycles. The zero-order chi connectivity index (χ0) is 25.8. The molecule has 0 bridgehead atoms. The number of ketones is 1. The highest BCUT2D eigenvalue weighted by atomic mass is 16.5. The van der Waals surface area contributed by atoms with Gasteiger partial charge < -0.3 is 9.64 Å². The maximum Gasteiger partial charge on any atom is 0.305 e. The van der Waals surface area contributed by atoms with Gasteiger partial charge in [-0.15, -0.1) is 0 Å². The summed E-state index contributed by atoms with van der Waals surface area (Å²) in [4.78, 5) is 41.8. The highest BCUT2D eigenvalue weighted by Crippen LogP contribution is 2.40. The minimum atomic E-state index is -0.698. The van der Waals surface area contributed by atoms with Crippen LogP contribution in [0.3, 0.4) is 0 Å². The van der Waals surface area contributed by atoms with Crippen molar-refractivity contribution in [2.45, 2.75) is 98.8 Å². The molecule has 1 aliphatic heterocycles. The number of nitrogens with zero attached hydrogens (tertiary/aromatic N) is 2. The summed E-state index contributed by atoms with van der Waals surface area (Å²) in [7, 11) is 2.08. The predicted molar refractivity (Wildman–Crippen MR) is 139 cm³/mol. The molecule has 1 aliphatic carbocycles. The van der Waals surface area contributed by atoms with E-state index in [1.165, 1.54) is 12.8 Å². The molecule has 1 fully saturated rings. The molecule has 0 unspecified atom stereocenters. The van der Waals surface area contributed by atoms with Gasteiger partial charge in [-0.3, -0.25) is 19.0 Å². The van der Waals surface area contributed by atoms with Gasteiger partial charge in [0.25, 0.3) is 0 Å². The molecule has 6 heteroatoms. The molecule has 2 heterocycles. The Hall–Kier alpha value is -1.95. The average Bonchev–Trinajstić information content (AvgIpc) is 3.09. The third-order valence-corrected chi connectivity index (χ3v) is 8.24. The number of likely N-dealkylation sites (tertiary alicyclic amines) is 1. The first-order valence-electron chi connectivity index (χ1n) is 13.8. The van der Waals surface area contributed by atoms with Gasteiger partial charge in [-0.2, -0.15) is 0 Å². The Kier molecular flexibility index (Phi) is 9.36. The number of hydrogen-bond donors (Lipinski definition) is 0. The minimum Gasteiger partial charge on any atom is -0.466 e. The highest BCUT2D eigenvalue weighted by Gasteiger charge is 2.44. The topological polar surface area (TPSA) is 68.6 Å². The van der Waals surface area contributed by atoms with Gasteiger partial charge in [-0.05, 0) is 64.1 Å². The van der Waals surface area contributed by atoms with Crippen LogP contribution in [0, 0.1) is 24.2 Å². The quantitative estimate of drug-likeness (QED) is 0.300. The van der Waals surface area contributed by atoms with Crippen LogP contribution in [-0.2, 0) is 22.4 Å². The largest absolute Gasteiger partial charge is 0.466 e. The second-order valence-corrected chi connectivity index (χ2v) is 11.4. The number of piperidine rings is 1. The van der Waals surface area contributed by atoms with E-state index in [-0.39, 0.29) is 30.2 Å². The smallest absolute Gasteiger partial charge is 0.305 e. The van der Waals surface area contributed by atoms with Crippen molar-refractivity contribution < 1.29 is 19.1 Å². The molecule has 196 valence electrons. The third-order valence-electron chi connectivity index (χ3n) is 8.24. The van der Waals surface area contributed by atoms with Crippen molar-refractivity contribution >= 4 is 17.7 Å². The predicted octanol–water partition coefficient (Wildman–Crippen LogP) is 5.63. The van der Waals surface area contributed by atoms with Crippen LogP contribution in [0.1, 0.15) is 111 Å². The van der Waals surface area contributed by atoms with Crippen molar-refractivity contribution in [3.8, 4) is 0 Å². The van der Waals surface area contributed by atoms with Gasteiger partial charge >= 0.3 is 5.97 Å². The fraction of sp³-hybridized carbons (Fsp3) is 0.759. The van der Waals surface area contributed by atoms with Crippen LogP contribution in [0.2, 0.25) is 0 Å². The van der Waals surface area contributed by atoms with Gasteiger partial charge in [0.2, 0.25) is 5.91 Å². The monoisotopic (exact) mass is 486 g/mol. The fourth-order valence-electron chi connectivity index (χ4n) is 5.91. The summed E-state index contributed by atoms with van der Waals surface area (Å²) in [5, 5.41) is 0. The van der Waals surface area contributed by atoms with Crippen LogP contribution in [-0.4, -0.2) is 53.9 Å². The Balaban J connectivity index is 1.70. The number of esters is 1. The Morgan fingerprint density at radius 2 is 1.83 bits per heavy atom. The standard InChI is InChI=1S/C29H46N2O4/c1-7-9-10-11-12-13-25(32)35-17-15-29(4,5)28(34)31-20(3)22(8-2)26-24(31)18-21-14-16-30(6)19-23(21)27(26)33/h21,23H,7-19H2,1-6H3/t21-,23+/m0/s1. The van der Waals surface area contributed by atoms with E-state index < -0.39 is 5.41 Å². The van der Waals surface area contributed by atoms with Crippen molar-refractivity contribution in [3.05, 3.63) is 22.5 Å². The van der Waals surface area contributed by atoms with Crippen LogP contribution in [0.4, 0.5) is 0 Å². The molecule has 0 radical (unpaired) electrons. The van der Waals surface area contributed by atoms with E-state index in [2.05, 4.69) is 25.8 Å². The van der Waals surface area contributed by atoms with E-state index in [0.29, 0.717) is 18.8 Å². The average molecular weight is 487 g/mol. The van der Waals surface area contributed by atoms with E-state index in [1.807, 2.05) is 25.3 Å². The lowest BCUT2D eigenvalue weighted by atomic mass is 9.72. The number of carbonyl (C=O) groups is 3. The van der Waals surface area contributed by atoms with Crippen molar-refractivity contribution in [2.24, 2.45) is 17.3 Å². The van der Waals surface area contributed by atoms with Gasteiger partial charge in [0.1, 0.15) is 0 Å². The molecule has 0 amide bonds. The minimum absolute atomic E-state index is 0.000687. The first-order valence-corrected chi connectivity index (χ1v) is 13.8. The molecule has 2 atom stereocenters. The lowest BCUT2D eigenvalue weighted by molar-refractivity contribution is -0.144. The van der Waals surface area contributed by atoms with Gasteiger partial charge in [-0.1, -0.05) is 53.4 Å². The summed E-state index contributed by atoms with van der Waals surface area (Å²) in [5.74, 6) is 0.386. The summed E-state index contributed by atoms with van der Waals surface area (Å²) in [6, 6.07) is 0. The summed E-state index contributed by atoms with van der Waals surface area (Å²) in [6.45, 7) is 12.1. The number of rotatable bonds is 11. The van der Waals surface area contributed by atoms with Gasteiger partial charge in [0, 0.05) is 41.2 Å². The molecule has 1 aromatic heterocycles. The molecule has 0 aromatic carbocycles. The van der Waals surface area contributed by atoms with Crippen LogP contribution in [0.15, 0.2) is 0 Å². The SMILES string of the molecule is CCCCCCCC(=O)OCCC(C)(C)C(=O)n1c(C)c(CC)c2c1C[C@@H]1CCN(C)C[C@H]1C2=O. The Labute approximate surface area is 211 Å². The molecule has 6 nitrogen and oxygen atoms in total. The van der Waals surface area contributed by atoms with Crippen molar-refractivity contribution in [1.82, 2.24) is 9.47 Å². The second kappa shape index (κ2) is 11.9. The van der Waals surface area contributed by atoms with Crippen molar-refractivity contribution in [3.63, 3.8) is 0 Å². The van der Waals surface area contributed by atoms with E-state index >= 15 is 0 Å². The zero-order valence-electron chi connectivity index (χ0n) is 22.9.